The number of nitrogen functional groups attached to an aromatic ring is 1. The van der Waals surface area contributed by atoms with Crippen molar-refractivity contribution in [3.8, 4) is 0 Å². The van der Waals surface area contributed by atoms with Gasteiger partial charge in [0, 0.05) is 40.6 Å². The van der Waals surface area contributed by atoms with Gasteiger partial charge in [0.1, 0.15) is 11.0 Å². The highest BCUT2D eigenvalue weighted by Gasteiger charge is 2.10. The summed E-state index contributed by atoms with van der Waals surface area (Å²) in [5.74, 6) is 0.540. The Kier molecular flexibility index (Phi) is 5.04. The first-order valence-corrected chi connectivity index (χ1v) is 8.08. The van der Waals surface area contributed by atoms with E-state index in [0.717, 1.165) is 11.1 Å². The number of nitrogens with two attached hydrogens (primary N) is 1. The maximum absolute atomic E-state index is 6.39. The highest BCUT2D eigenvalue weighted by molar-refractivity contribution is 6.36. The topological polar surface area (TPSA) is 76.7 Å². The summed E-state index contributed by atoms with van der Waals surface area (Å²) in [5.41, 5.74) is 8.17. The van der Waals surface area contributed by atoms with Crippen LogP contribution in [0.3, 0.4) is 0 Å². The largest absolute Gasteiger partial charge is 0.368 e. The minimum absolute atomic E-state index is 0.0801. The molecule has 1 aromatic carbocycles. The lowest BCUT2D eigenvalue weighted by atomic mass is 10.1. The van der Waals surface area contributed by atoms with Crippen LogP contribution in [-0.2, 0) is 6.42 Å². The molecule has 0 radical (unpaired) electrons. The quantitative estimate of drug-likeness (QED) is 0.639. The van der Waals surface area contributed by atoms with Crippen LogP contribution in [0.1, 0.15) is 11.1 Å². The van der Waals surface area contributed by atoms with Crippen molar-refractivity contribution in [3.63, 3.8) is 0 Å². The summed E-state index contributed by atoms with van der Waals surface area (Å²) in [6.07, 6.45) is 4.08. The van der Waals surface area contributed by atoms with E-state index in [2.05, 4.69) is 20.3 Å². The predicted molar refractivity (Wildman–Crippen MR) is 98.2 cm³/mol. The molecule has 0 amide bonds. The van der Waals surface area contributed by atoms with Gasteiger partial charge >= 0.3 is 0 Å². The Hall–Kier alpha value is -2.08. The number of nitrogens with zero attached hydrogens (tertiary/aromatic N) is 3. The summed E-state index contributed by atoms with van der Waals surface area (Å²) in [6, 6.07) is 8.95. The van der Waals surface area contributed by atoms with Gasteiger partial charge in [-0.25, -0.2) is 4.98 Å². The second-order valence-electron chi connectivity index (χ2n) is 5.01. The van der Waals surface area contributed by atoms with Gasteiger partial charge in [0.2, 0.25) is 5.95 Å². The van der Waals surface area contributed by atoms with Gasteiger partial charge in [-0.3, -0.25) is 4.98 Å². The van der Waals surface area contributed by atoms with Gasteiger partial charge in [0.05, 0.1) is 0 Å². The van der Waals surface area contributed by atoms with Crippen molar-refractivity contribution < 1.29 is 0 Å². The monoisotopic (exact) mass is 379 g/mol. The molecule has 8 heteroatoms. The van der Waals surface area contributed by atoms with Crippen molar-refractivity contribution in [1.82, 2.24) is 15.0 Å². The Morgan fingerprint density at radius 3 is 2.25 bits per heavy atom. The SMILES string of the molecule is Nc1nc(Cl)cc(Nc2cc(Cl)c(Cc3ccncc3)c(Cl)c2)n1. The number of benzene rings is 1. The van der Waals surface area contributed by atoms with Crippen molar-refractivity contribution in [1.29, 1.82) is 0 Å². The Balaban J connectivity index is 1.86. The van der Waals surface area contributed by atoms with E-state index >= 15 is 0 Å². The van der Waals surface area contributed by atoms with Crippen molar-refractivity contribution in [2.45, 2.75) is 6.42 Å². The molecule has 0 atom stereocenters. The summed E-state index contributed by atoms with van der Waals surface area (Å²) in [6.45, 7) is 0. The molecule has 2 aromatic heterocycles. The first kappa shape index (κ1) is 16.8. The molecule has 3 rings (SSSR count). The number of hydrogen-bond donors (Lipinski definition) is 2. The number of hydrogen-bond acceptors (Lipinski definition) is 5. The summed E-state index contributed by atoms with van der Waals surface area (Å²) in [4.78, 5) is 11.9. The van der Waals surface area contributed by atoms with Crippen LogP contribution in [0, 0.1) is 0 Å². The zero-order valence-electron chi connectivity index (χ0n) is 12.3. The molecule has 3 aromatic rings. The lowest BCUT2D eigenvalue weighted by Crippen LogP contribution is -2.01. The standard InChI is InChI=1S/C16H12Cl3N5/c17-12-6-10(22-15-8-14(19)23-16(20)24-15)7-13(18)11(12)5-9-1-3-21-4-2-9/h1-4,6-8H,5H2,(H3,20,22,23,24). The zero-order chi connectivity index (χ0) is 17.1. The summed E-state index contributed by atoms with van der Waals surface area (Å²) in [5, 5.41) is 4.41. The molecule has 3 N–H and O–H groups in total. The molecule has 24 heavy (non-hydrogen) atoms. The molecular formula is C16H12Cl3N5. The summed E-state index contributed by atoms with van der Waals surface area (Å²) >= 11 is 18.6. The van der Waals surface area contributed by atoms with Crippen LogP contribution in [0.25, 0.3) is 0 Å². The highest BCUT2D eigenvalue weighted by Crippen LogP contribution is 2.32. The molecule has 0 fully saturated rings. The lowest BCUT2D eigenvalue weighted by Gasteiger charge is -2.12. The molecular weight excluding hydrogens is 369 g/mol. The lowest BCUT2D eigenvalue weighted by molar-refractivity contribution is 1.16. The minimum atomic E-state index is 0.0801. The number of rotatable bonds is 4. The number of pyridine rings is 1. The van der Waals surface area contributed by atoms with E-state index in [-0.39, 0.29) is 11.1 Å². The maximum atomic E-state index is 6.39. The van der Waals surface area contributed by atoms with Gasteiger partial charge in [-0.05, 0) is 35.4 Å². The molecule has 122 valence electrons. The number of halogens is 3. The van der Waals surface area contributed by atoms with Gasteiger partial charge in [0.15, 0.2) is 0 Å². The Morgan fingerprint density at radius 1 is 0.958 bits per heavy atom. The first-order valence-electron chi connectivity index (χ1n) is 6.95. The van der Waals surface area contributed by atoms with Gasteiger partial charge in [-0.2, -0.15) is 4.98 Å². The van der Waals surface area contributed by atoms with E-state index in [9.17, 15) is 0 Å². The number of aromatic nitrogens is 3. The van der Waals surface area contributed by atoms with Crippen LogP contribution in [-0.4, -0.2) is 15.0 Å². The molecule has 0 aliphatic rings. The maximum Gasteiger partial charge on any atom is 0.223 e. The van der Waals surface area contributed by atoms with Gasteiger partial charge < -0.3 is 11.1 Å². The smallest absolute Gasteiger partial charge is 0.223 e. The van der Waals surface area contributed by atoms with E-state index in [4.69, 9.17) is 40.5 Å². The number of nitrogens with one attached hydrogen (secondary N) is 1. The van der Waals surface area contributed by atoms with Gasteiger partial charge in [-0.1, -0.05) is 34.8 Å². The average molecular weight is 381 g/mol. The fraction of sp³-hybridized carbons (Fsp3) is 0.0625. The molecule has 0 aliphatic heterocycles. The van der Waals surface area contributed by atoms with Crippen LogP contribution in [0.2, 0.25) is 15.2 Å². The summed E-state index contributed by atoms with van der Waals surface area (Å²) < 4.78 is 0. The van der Waals surface area contributed by atoms with E-state index in [1.807, 2.05) is 12.1 Å². The first-order chi connectivity index (χ1) is 11.5. The minimum Gasteiger partial charge on any atom is -0.368 e. The second-order valence-corrected chi connectivity index (χ2v) is 6.21. The van der Waals surface area contributed by atoms with Crippen molar-refractivity contribution in [2.24, 2.45) is 0 Å². The molecule has 0 bridgehead atoms. The van der Waals surface area contributed by atoms with Crippen LogP contribution in [0.5, 0.6) is 0 Å². The third kappa shape index (κ3) is 4.06. The predicted octanol–water partition coefficient (Wildman–Crippen LogP) is 4.75. The average Bonchev–Trinajstić information content (AvgIpc) is 2.51. The Labute approximate surface area is 153 Å². The molecule has 0 saturated carbocycles. The molecule has 0 spiro atoms. The molecule has 0 unspecified atom stereocenters. The molecule has 5 nitrogen and oxygen atoms in total. The van der Waals surface area contributed by atoms with E-state index in [1.54, 1.807) is 30.6 Å². The second kappa shape index (κ2) is 7.21. The third-order valence-corrected chi connectivity index (χ3v) is 4.12. The molecule has 0 aliphatic carbocycles. The Bertz CT molecular complexity index is 828. The fourth-order valence-corrected chi connectivity index (χ4v) is 3.01. The van der Waals surface area contributed by atoms with E-state index < -0.39 is 0 Å². The van der Waals surface area contributed by atoms with Crippen molar-refractivity contribution in [3.05, 3.63) is 69.1 Å². The zero-order valence-corrected chi connectivity index (χ0v) is 14.6. The van der Waals surface area contributed by atoms with Crippen molar-refractivity contribution >= 4 is 52.3 Å². The van der Waals surface area contributed by atoms with Crippen LogP contribution in [0.15, 0.2) is 42.7 Å². The molecule has 2 heterocycles. The van der Waals surface area contributed by atoms with E-state index in [0.29, 0.717) is 28.0 Å². The van der Waals surface area contributed by atoms with Gasteiger partial charge in [-0.15, -0.1) is 0 Å². The number of anilines is 3. The molecule has 0 saturated heterocycles. The Morgan fingerprint density at radius 2 is 1.62 bits per heavy atom. The fourth-order valence-electron chi connectivity index (χ4n) is 2.20. The van der Waals surface area contributed by atoms with Crippen molar-refractivity contribution in [2.75, 3.05) is 11.1 Å². The summed E-state index contributed by atoms with van der Waals surface area (Å²) in [7, 11) is 0. The van der Waals surface area contributed by atoms with E-state index in [1.165, 1.54) is 0 Å². The normalized spacial score (nSPS) is 10.6. The van der Waals surface area contributed by atoms with Crippen LogP contribution in [0.4, 0.5) is 17.5 Å². The van der Waals surface area contributed by atoms with Crippen LogP contribution >= 0.6 is 34.8 Å². The third-order valence-electron chi connectivity index (χ3n) is 3.26. The highest BCUT2D eigenvalue weighted by atomic mass is 35.5. The van der Waals surface area contributed by atoms with Gasteiger partial charge in [0.25, 0.3) is 0 Å². The van der Waals surface area contributed by atoms with Crippen LogP contribution < -0.4 is 11.1 Å².